The summed E-state index contributed by atoms with van der Waals surface area (Å²) in [7, 11) is 0. The van der Waals surface area contributed by atoms with Crippen LogP contribution >= 0.6 is 0 Å². The van der Waals surface area contributed by atoms with E-state index in [1.165, 1.54) is 0 Å². The zero-order chi connectivity index (χ0) is 14.7. The van der Waals surface area contributed by atoms with Crippen molar-refractivity contribution in [3.8, 4) is 0 Å². The van der Waals surface area contributed by atoms with Crippen LogP contribution in [0.25, 0.3) is 0 Å². The Balaban J connectivity index is 1.58. The summed E-state index contributed by atoms with van der Waals surface area (Å²) in [6, 6.07) is 9.64. The first-order valence-electron chi connectivity index (χ1n) is 7.38. The van der Waals surface area contributed by atoms with E-state index < -0.39 is 0 Å². The van der Waals surface area contributed by atoms with Gasteiger partial charge >= 0.3 is 6.09 Å². The molecule has 0 radical (unpaired) electrons. The molecule has 2 unspecified atom stereocenters. The number of benzene rings is 1. The van der Waals surface area contributed by atoms with Crippen LogP contribution in [0.1, 0.15) is 12.0 Å². The molecule has 5 nitrogen and oxygen atoms in total. The van der Waals surface area contributed by atoms with Gasteiger partial charge in [-0.15, -0.1) is 0 Å². The summed E-state index contributed by atoms with van der Waals surface area (Å²) < 4.78 is 10.9. The molecular formula is C16H21NO4. The van der Waals surface area contributed by atoms with Gasteiger partial charge in [-0.2, -0.15) is 0 Å². The Morgan fingerprint density at radius 2 is 2.24 bits per heavy atom. The molecule has 3 rings (SSSR count). The molecule has 1 spiro atoms. The number of likely N-dealkylation sites (tertiary alicyclic amines) is 1. The average Bonchev–Trinajstić information content (AvgIpc) is 3.14. The molecular weight excluding hydrogens is 270 g/mol. The summed E-state index contributed by atoms with van der Waals surface area (Å²) in [5, 5.41) is 9.56. The number of ether oxygens (including phenoxy) is 2. The van der Waals surface area contributed by atoms with Gasteiger partial charge in [-0.05, 0) is 12.0 Å². The Morgan fingerprint density at radius 3 is 2.90 bits per heavy atom. The third-order valence-electron chi connectivity index (χ3n) is 4.63. The molecule has 0 bridgehead atoms. The molecule has 1 aromatic carbocycles. The summed E-state index contributed by atoms with van der Waals surface area (Å²) in [4.78, 5) is 13.9. The van der Waals surface area contributed by atoms with E-state index in [0.717, 1.165) is 12.0 Å². The Morgan fingerprint density at radius 1 is 1.43 bits per heavy atom. The smallest absolute Gasteiger partial charge is 0.410 e. The average molecular weight is 291 g/mol. The lowest BCUT2D eigenvalue weighted by molar-refractivity contribution is 0.0932. The molecule has 2 aliphatic rings. The first kappa shape index (κ1) is 14.4. The third kappa shape index (κ3) is 2.89. The highest BCUT2D eigenvalue weighted by Crippen LogP contribution is 2.42. The summed E-state index contributed by atoms with van der Waals surface area (Å²) in [5.41, 5.74) is 0.892. The van der Waals surface area contributed by atoms with E-state index in [-0.39, 0.29) is 30.6 Å². The largest absolute Gasteiger partial charge is 0.445 e. The van der Waals surface area contributed by atoms with E-state index in [1.807, 2.05) is 30.3 Å². The minimum Gasteiger partial charge on any atom is -0.445 e. The van der Waals surface area contributed by atoms with Crippen LogP contribution in [-0.2, 0) is 16.1 Å². The van der Waals surface area contributed by atoms with Crippen molar-refractivity contribution < 1.29 is 19.4 Å². The number of carbonyl (C=O) groups is 1. The maximum Gasteiger partial charge on any atom is 0.410 e. The number of carbonyl (C=O) groups excluding carboxylic acids is 1. The highest BCUT2D eigenvalue weighted by Gasteiger charge is 2.50. The lowest BCUT2D eigenvalue weighted by Crippen LogP contribution is -2.34. The van der Waals surface area contributed by atoms with Gasteiger partial charge in [0.1, 0.15) is 6.61 Å². The maximum atomic E-state index is 12.2. The van der Waals surface area contributed by atoms with Crippen molar-refractivity contribution in [2.45, 2.75) is 13.0 Å². The van der Waals surface area contributed by atoms with Crippen LogP contribution < -0.4 is 0 Å². The van der Waals surface area contributed by atoms with E-state index in [4.69, 9.17) is 9.47 Å². The van der Waals surface area contributed by atoms with Crippen molar-refractivity contribution in [3.05, 3.63) is 35.9 Å². The molecule has 0 aliphatic carbocycles. The molecule has 2 atom stereocenters. The zero-order valence-electron chi connectivity index (χ0n) is 12.0. The number of aliphatic hydroxyl groups excluding tert-OH is 1. The first-order chi connectivity index (χ1) is 10.2. The fourth-order valence-corrected chi connectivity index (χ4v) is 3.30. The number of aliphatic hydroxyl groups is 1. The molecule has 2 fully saturated rings. The quantitative estimate of drug-likeness (QED) is 0.920. The Bertz CT molecular complexity index is 484. The second-order valence-corrected chi connectivity index (χ2v) is 5.97. The van der Waals surface area contributed by atoms with Gasteiger partial charge in [-0.25, -0.2) is 4.79 Å². The number of hydrogen-bond donors (Lipinski definition) is 1. The van der Waals surface area contributed by atoms with Gasteiger partial charge in [0.2, 0.25) is 0 Å². The van der Waals surface area contributed by atoms with Crippen molar-refractivity contribution in [3.63, 3.8) is 0 Å². The molecule has 2 heterocycles. The van der Waals surface area contributed by atoms with Crippen molar-refractivity contribution in [2.24, 2.45) is 11.3 Å². The van der Waals surface area contributed by atoms with Gasteiger partial charge in [0, 0.05) is 37.6 Å². The van der Waals surface area contributed by atoms with Crippen LogP contribution in [0.3, 0.4) is 0 Å². The van der Waals surface area contributed by atoms with Gasteiger partial charge < -0.3 is 19.5 Å². The SMILES string of the molecule is O=C(OCc1ccccc1)N1CC(CO)C2(CCOC2)C1. The summed E-state index contributed by atoms with van der Waals surface area (Å²) >= 11 is 0. The van der Waals surface area contributed by atoms with Crippen molar-refractivity contribution in [1.29, 1.82) is 0 Å². The second kappa shape index (κ2) is 6.03. The van der Waals surface area contributed by atoms with Crippen molar-refractivity contribution in [2.75, 3.05) is 32.9 Å². The molecule has 0 saturated carbocycles. The van der Waals surface area contributed by atoms with Crippen LogP contribution in [0.4, 0.5) is 4.79 Å². The van der Waals surface area contributed by atoms with Crippen LogP contribution in [0, 0.1) is 11.3 Å². The van der Waals surface area contributed by atoms with E-state index in [2.05, 4.69) is 0 Å². The second-order valence-electron chi connectivity index (χ2n) is 5.97. The highest BCUT2D eigenvalue weighted by atomic mass is 16.6. The van der Waals surface area contributed by atoms with E-state index in [0.29, 0.717) is 26.3 Å². The fourth-order valence-electron chi connectivity index (χ4n) is 3.30. The van der Waals surface area contributed by atoms with Crippen LogP contribution in [0.2, 0.25) is 0 Å². The minimum absolute atomic E-state index is 0.0828. The van der Waals surface area contributed by atoms with E-state index in [9.17, 15) is 9.90 Å². The van der Waals surface area contributed by atoms with E-state index in [1.54, 1.807) is 4.90 Å². The monoisotopic (exact) mass is 291 g/mol. The Hall–Kier alpha value is -1.59. The van der Waals surface area contributed by atoms with Gasteiger partial charge in [0.25, 0.3) is 0 Å². The Kier molecular flexibility index (Phi) is 4.12. The summed E-state index contributed by atoms with van der Waals surface area (Å²) in [6.45, 7) is 2.87. The van der Waals surface area contributed by atoms with Gasteiger partial charge in [-0.3, -0.25) is 0 Å². The van der Waals surface area contributed by atoms with Crippen LogP contribution in [0.5, 0.6) is 0 Å². The predicted molar refractivity (Wildman–Crippen MR) is 76.6 cm³/mol. The number of nitrogens with zero attached hydrogens (tertiary/aromatic N) is 1. The summed E-state index contributed by atoms with van der Waals surface area (Å²) in [5.74, 6) is 0.0873. The molecule has 1 amide bonds. The normalized spacial score (nSPS) is 28.2. The standard InChI is InChI=1S/C16H21NO4/c18-9-14-8-17(11-16(14)6-7-20-12-16)15(19)21-10-13-4-2-1-3-5-13/h1-5,14,18H,6-12H2. The lowest BCUT2D eigenvalue weighted by atomic mass is 9.78. The summed E-state index contributed by atoms with van der Waals surface area (Å²) in [6.07, 6.45) is 0.599. The lowest BCUT2D eigenvalue weighted by Gasteiger charge is -2.26. The molecule has 2 saturated heterocycles. The molecule has 1 N–H and O–H groups in total. The molecule has 2 aliphatic heterocycles. The van der Waals surface area contributed by atoms with Crippen LogP contribution in [0.15, 0.2) is 30.3 Å². The number of rotatable bonds is 3. The molecule has 114 valence electrons. The first-order valence-corrected chi connectivity index (χ1v) is 7.38. The van der Waals surface area contributed by atoms with Crippen LogP contribution in [-0.4, -0.2) is 49.0 Å². The molecule has 21 heavy (non-hydrogen) atoms. The van der Waals surface area contributed by atoms with E-state index >= 15 is 0 Å². The number of hydrogen-bond acceptors (Lipinski definition) is 4. The zero-order valence-corrected chi connectivity index (χ0v) is 12.0. The highest BCUT2D eigenvalue weighted by molar-refractivity contribution is 5.68. The molecule has 0 aromatic heterocycles. The number of amides is 1. The molecule has 5 heteroatoms. The van der Waals surface area contributed by atoms with Crippen molar-refractivity contribution in [1.82, 2.24) is 4.90 Å². The van der Waals surface area contributed by atoms with Gasteiger partial charge in [0.15, 0.2) is 0 Å². The topological polar surface area (TPSA) is 59.0 Å². The fraction of sp³-hybridized carbons (Fsp3) is 0.562. The third-order valence-corrected chi connectivity index (χ3v) is 4.63. The predicted octanol–water partition coefficient (Wildman–Crippen LogP) is 1.65. The molecule has 1 aromatic rings. The van der Waals surface area contributed by atoms with Gasteiger partial charge in [-0.1, -0.05) is 30.3 Å². The maximum absolute atomic E-state index is 12.2. The minimum atomic E-state index is -0.305. The van der Waals surface area contributed by atoms with Gasteiger partial charge in [0.05, 0.1) is 6.61 Å². The Labute approximate surface area is 124 Å². The van der Waals surface area contributed by atoms with Crippen molar-refractivity contribution >= 4 is 6.09 Å².